The SMILES string of the molecule is CC(C)C(=O)C(CCC(=O)O)NC(=O)c1ccc(N=Nc2ccc3nc(N)[nH]c(=O)c3c2)cc1. The van der Waals surface area contributed by atoms with Crippen LogP contribution < -0.4 is 16.6 Å². The van der Waals surface area contributed by atoms with Crippen molar-refractivity contribution < 1.29 is 19.5 Å². The molecular formula is C23H24N6O5. The summed E-state index contributed by atoms with van der Waals surface area (Å²) in [5.41, 5.74) is 6.77. The molecule has 1 heterocycles. The number of amides is 1. The number of nitrogen functional groups attached to an aromatic ring is 1. The molecule has 2 aromatic carbocycles. The number of aliphatic carboxylic acids is 1. The maximum atomic E-state index is 12.6. The average molecular weight is 464 g/mol. The molecule has 176 valence electrons. The normalized spacial score (nSPS) is 12.2. The van der Waals surface area contributed by atoms with E-state index in [-0.39, 0.29) is 41.6 Å². The molecule has 0 fully saturated rings. The zero-order valence-electron chi connectivity index (χ0n) is 18.6. The lowest BCUT2D eigenvalue weighted by atomic mass is 9.97. The molecule has 1 aromatic heterocycles. The van der Waals surface area contributed by atoms with E-state index >= 15 is 0 Å². The van der Waals surface area contributed by atoms with Gasteiger partial charge >= 0.3 is 5.97 Å². The summed E-state index contributed by atoms with van der Waals surface area (Å²) in [5.74, 6) is -2.08. The van der Waals surface area contributed by atoms with Crippen molar-refractivity contribution in [2.75, 3.05) is 5.73 Å². The van der Waals surface area contributed by atoms with Crippen LogP contribution in [0.2, 0.25) is 0 Å². The Morgan fingerprint density at radius 3 is 2.38 bits per heavy atom. The van der Waals surface area contributed by atoms with Crippen LogP contribution in [0, 0.1) is 5.92 Å². The third-order valence-electron chi connectivity index (χ3n) is 4.98. The van der Waals surface area contributed by atoms with Gasteiger partial charge in [0.2, 0.25) is 5.95 Å². The summed E-state index contributed by atoms with van der Waals surface area (Å²) in [6.45, 7) is 3.39. The van der Waals surface area contributed by atoms with Crippen LogP contribution in [0.3, 0.4) is 0 Å². The van der Waals surface area contributed by atoms with Crippen molar-refractivity contribution in [1.29, 1.82) is 0 Å². The van der Waals surface area contributed by atoms with Crippen LogP contribution in [-0.4, -0.2) is 38.8 Å². The zero-order valence-corrected chi connectivity index (χ0v) is 18.6. The first kappa shape index (κ1) is 24.2. The molecule has 0 bridgehead atoms. The van der Waals surface area contributed by atoms with Crippen LogP contribution in [0.25, 0.3) is 10.9 Å². The van der Waals surface area contributed by atoms with Crippen molar-refractivity contribution in [1.82, 2.24) is 15.3 Å². The first-order chi connectivity index (χ1) is 16.1. The van der Waals surface area contributed by atoms with E-state index in [1.165, 1.54) is 18.2 Å². The standard InChI is InChI=1S/C23H24N6O5/c1-12(2)20(32)18(9-10-19(30)31)25-21(33)13-3-5-14(6-4-13)28-29-15-7-8-17-16(11-15)22(34)27-23(24)26-17/h3-8,11-12,18H,9-10H2,1-2H3,(H,25,33)(H,30,31)(H3,24,26,27,34). The van der Waals surface area contributed by atoms with Gasteiger partial charge in [0, 0.05) is 17.9 Å². The van der Waals surface area contributed by atoms with Gasteiger partial charge in [0.15, 0.2) is 5.78 Å². The summed E-state index contributed by atoms with van der Waals surface area (Å²) in [6, 6.07) is 10.1. The highest BCUT2D eigenvalue weighted by molar-refractivity contribution is 5.98. The lowest BCUT2D eigenvalue weighted by Gasteiger charge is -2.19. The van der Waals surface area contributed by atoms with Crippen LogP contribution >= 0.6 is 0 Å². The van der Waals surface area contributed by atoms with E-state index in [0.717, 1.165) is 0 Å². The zero-order chi connectivity index (χ0) is 24.8. The monoisotopic (exact) mass is 464 g/mol. The van der Waals surface area contributed by atoms with Crippen molar-refractivity contribution in [3.8, 4) is 0 Å². The summed E-state index contributed by atoms with van der Waals surface area (Å²) in [4.78, 5) is 54.3. The molecule has 1 amide bonds. The largest absolute Gasteiger partial charge is 0.481 e. The lowest BCUT2D eigenvalue weighted by molar-refractivity contribution is -0.137. The molecule has 0 saturated heterocycles. The van der Waals surface area contributed by atoms with Crippen LogP contribution in [0.1, 0.15) is 37.0 Å². The fraction of sp³-hybridized carbons (Fsp3) is 0.261. The molecule has 5 N–H and O–H groups in total. The smallest absolute Gasteiger partial charge is 0.303 e. The van der Waals surface area contributed by atoms with Gasteiger partial charge in [-0.05, 0) is 48.9 Å². The number of rotatable bonds is 9. The second-order valence-corrected chi connectivity index (χ2v) is 7.92. The number of Topliss-reactive ketones (excluding diaryl/α,β-unsaturated/α-hetero) is 1. The molecule has 34 heavy (non-hydrogen) atoms. The molecule has 3 rings (SSSR count). The van der Waals surface area contributed by atoms with Crippen molar-refractivity contribution in [2.45, 2.75) is 32.7 Å². The minimum absolute atomic E-state index is 0.0150. The lowest BCUT2D eigenvalue weighted by Crippen LogP contribution is -2.43. The number of nitrogens with two attached hydrogens (primary N) is 1. The predicted octanol–water partition coefficient (Wildman–Crippen LogP) is 3.11. The van der Waals surface area contributed by atoms with Gasteiger partial charge in [-0.25, -0.2) is 4.98 Å². The Hall–Kier alpha value is -4.41. The maximum absolute atomic E-state index is 12.6. The molecule has 3 aromatic rings. The first-order valence-corrected chi connectivity index (χ1v) is 10.5. The van der Waals surface area contributed by atoms with E-state index in [1.54, 1.807) is 38.1 Å². The molecule has 0 aliphatic rings. The molecule has 0 aliphatic heterocycles. The number of carbonyl (C=O) groups excluding carboxylic acids is 2. The van der Waals surface area contributed by atoms with E-state index in [4.69, 9.17) is 10.8 Å². The number of nitrogens with one attached hydrogen (secondary N) is 2. The van der Waals surface area contributed by atoms with Crippen molar-refractivity contribution in [3.05, 3.63) is 58.4 Å². The number of ketones is 1. The molecule has 0 saturated carbocycles. The third kappa shape index (κ3) is 6.09. The number of hydrogen-bond acceptors (Lipinski definition) is 8. The van der Waals surface area contributed by atoms with E-state index in [9.17, 15) is 19.2 Å². The van der Waals surface area contributed by atoms with Gasteiger partial charge < -0.3 is 16.2 Å². The quantitative estimate of drug-likeness (QED) is 0.351. The van der Waals surface area contributed by atoms with E-state index < -0.39 is 17.9 Å². The van der Waals surface area contributed by atoms with Gasteiger partial charge in [0.05, 0.1) is 28.3 Å². The topological polar surface area (TPSA) is 180 Å². The number of fused-ring (bicyclic) bond motifs is 1. The molecule has 0 radical (unpaired) electrons. The molecule has 1 atom stereocenters. The number of H-pyrrole nitrogens is 1. The number of aromatic nitrogens is 2. The molecule has 11 nitrogen and oxygen atoms in total. The Morgan fingerprint density at radius 2 is 1.74 bits per heavy atom. The maximum Gasteiger partial charge on any atom is 0.303 e. The number of benzene rings is 2. The summed E-state index contributed by atoms with van der Waals surface area (Å²) < 4.78 is 0. The highest BCUT2D eigenvalue weighted by Crippen LogP contribution is 2.21. The number of aromatic amines is 1. The Morgan fingerprint density at radius 1 is 1.09 bits per heavy atom. The number of carboxylic acids is 1. The number of carbonyl (C=O) groups is 3. The Kier molecular flexibility index (Phi) is 7.46. The van der Waals surface area contributed by atoms with E-state index in [2.05, 4.69) is 25.5 Å². The van der Waals surface area contributed by atoms with Crippen molar-refractivity contribution in [3.63, 3.8) is 0 Å². The third-order valence-corrected chi connectivity index (χ3v) is 4.98. The second-order valence-electron chi connectivity index (χ2n) is 7.92. The van der Waals surface area contributed by atoms with Crippen LogP contribution in [-0.2, 0) is 9.59 Å². The van der Waals surface area contributed by atoms with Crippen molar-refractivity contribution in [2.24, 2.45) is 16.1 Å². The van der Waals surface area contributed by atoms with Gasteiger partial charge in [0.25, 0.3) is 11.5 Å². The summed E-state index contributed by atoms with van der Waals surface area (Å²) in [6.07, 6.45) is -0.214. The fourth-order valence-electron chi connectivity index (χ4n) is 3.20. The average Bonchev–Trinajstić information content (AvgIpc) is 2.80. The van der Waals surface area contributed by atoms with Gasteiger partial charge in [-0.15, -0.1) is 0 Å². The molecule has 0 spiro atoms. The predicted molar refractivity (Wildman–Crippen MR) is 125 cm³/mol. The van der Waals surface area contributed by atoms with Crippen LogP contribution in [0.4, 0.5) is 17.3 Å². The van der Waals surface area contributed by atoms with Gasteiger partial charge in [-0.1, -0.05) is 13.8 Å². The number of carboxylic acid groups (broad SMARTS) is 1. The molecule has 0 aliphatic carbocycles. The molecular weight excluding hydrogens is 440 g/mol. The highest BCUT2D eigenvalue weighted by Gasteiger charge is 2.24. The summed E-state index contributed by atoms with van der Waals surface area (Å²) >= 11 is 0. The van der Waals surface area contributed by atoms with E-state index in [1.807, 2.05) is 0 Å². The van der Waals surface area contributed by atoms with Crippen molar-refractivity contribution >= 4 is 45.9 Å². The van der Waals surface area contributed by atoms with Gasteiger partial charge in [-0.3, -0.25) is 24.2 Å². The first-order valence-electron chi connectivity index (χ1n) is 10.5. The van der Waals surface area contributed by atoms with Gasteiger partial charge in [0.1, 0.15) is 0 Å². The van der Waals surface area contributed by atoms with Crippen LogP contribution in [0.5, 0.6) is 0 Å². The minimum Gasteiger partial charge on any atom is -0.481 e. The van der Waals surface area contributed by atoms with Crippen LogP contribution in [0.15, 0.2) is 57.5 Å². The molecule has 1 unspecified atom stereocenters. The summed E-state index contributed by atoms with van der Waals surface area (Å²) in [7, 11) is 0. The number of hydrogen-bond donors (Lipinski definition) is 4. The Labute approximate surface area is 194 Å². The number of anilines is 1. The minimum atomic E-state index is -1.04. The number of azo groups is 1. The Bertz CT molecular complexity index is 1310. The second kappa shape index (κ2) is 10.5. The molecule has 11 heteroatoms. The Balaban J connectivity index is 1.71. The number of nitrogens with zero attached hydrogens (tertiary/aromatic N) is 3. The van der Waals surface area contributed by atoms with E-state index in [0.29, 0.717) is 22.3 Å². The van der Waals surface area contributed by atoms with Gasteiger partial charge in [-0.2, -0.15) is 10.2 Å². The fourth-order valence-corrected chi connectivity index (χ4v) is 3.20. The highest BCUT2D eigenvalue weighted by atomic mass is 16.4. The summed E-state index contributed by atoms with van der Waals surface area (Å²) in [5, 5.41) is 20.1.